The third-order valence-electron chi connectivity index (χ3n) is 1.88. The highest BCUT2D eigenvalue weighted by Crippen LogP contribution is 2.12. The van der Waals surface area contributed by atoms with E-state index in [2.05, 4.69) is 15.9 Å². The molecule has 0 N–H and O–H groups in total. The number of carbonyl (C=O) groups is 1. The van der Waals surface area contributed by atoms with Gasteiger partial charge in [0, 0.05) is 10.9 Å². The summed E-state index contributed by atoms with van der Waals surface area (Å²) in [6.45, 7) is 0. The molecule has 0 aromatic heterocycles. The van der Waals surface area contributed by atoms with Gasteiger partial charge in [0.15, 0.2) is 0 Å². The average molecular weight is 252 g/mol. The van der Waals surface area contributed by atoms with Gasteiger partial charge >= 0.3 is 0 Å². The van der Waals surface area contributed by atoms with Crippen molar-refractivity contribution in [2.24, 2.45) is 0 Å². The van der Waals surface area contributed by atoms with Crippen LogP contribution in [0.1, 0.15) is 18.4 Å². The molecule has 0 amide bonds. The lowest BCUT2D eigenvalue weighted by Gasteiger charge is -1.99. The molecule has 0 aliphatic heterocycles. The number of rotatable bonds is 4. The Morgan fingerprint density at radius 1 is 1.36 bits per heavy atom. The summed E-state index contributed by atoms with van der Waals surface area (Å²) in [7, 11) is 0. The number of nitriles is 1. The summed E-state index contributed by atoms with van der Waals surface area (Å²) >= 11 is 3.34. The maximum Gasteiger partial charge on any atom is 0.147 e. The van der Waals surface area contributed by atoms with E-state index in [1.807, 2.05) is 30.3 Å². The van der Waals surface area contributed by atoms with Gasteiger partial charge in [0.2, 0.25) is 0 Å². The summed E-state index contributed by atoms with van der Waals surface area (Å²) in [5.41, 5.74) is 1.12. The molecule has 0 heterocycles. The number of carbonyl (C=O) groups excluding carboxylic acids is 1. The zero-order valence-corrected chi connectivity index (χ0v) is 9.25. The number of ketones is 1. The summed E-state index contributed by atoms with van der Waals surface area (Å²) < 4.78 is 1.03. The molecule has 14 heavy (non-hydrogen) atoms. The number of nitrogens with zero attached hydrogens (tertiary/aromatic N) is 1. The van der Waals surface area contributed by atoms with Crippen LogP contribution in [0, 0.1) is 11.3 Å². The molecule has 0 aliphatic carbocycles. The number of hydrogen-bond acceptors (Lipinski definition) is 2. The minimum absolute atomic E-state index is 0.00965. The Hall–Kier alpha value is -1.14. The first-order valence-electron chi connectivity index (χ1n) is 4.35. The normalized spacial score (nSPS) is 9.43. The molecule has 1 rings (SSSR count). The second-order valence-electron chi connectivity index (χ2n) is 3.00. The average Bonchev–Trinajstić information content (AvgIpc) is 2.17. The van der Waals surface area contributed by atoms with Crippen LogP contribution in [-0.2, 0) is 11.2 Å². The van der Waals surface area contributed by atoms with Gasteiger partial charge in [-0.25, -0.2) is 0 Å². The fourth-order valence-corrected chi connectivity index (χ4v) is 1.38. The van der Waals surface area contributed by atoms with Crippen LogP contribution < -0.4 is 0 Å². The van der Waals surface area contributed by atoms with Crippen LogP contribution >= 0.6 is 15.9 Å². The van der Waals surface area contributed by atoms with Crippen LogP contribution in [0.2, 0.25) is 0 Å². The monoisotopic (exact) mass is 251 g/mol. The first-order chi connectivity index (χ1) is 6.72. The van der Waals surface area contributed by atoms with E-state index in [1.54, 1.807) is 0 Å². The van der Waals surface area contributed by atoms with Crippen molar-refractivity contribution in [2.45, 2.75) is 19.3 Å². The van der Waals surface area contributed by atoms with Crippen molar-refractivity contribution in [3.63, 3.8) is 0 Å². The van der Waals surface area contributed by atoms with Gasteiger partial charge in [0.05, 0.1) is 12.5 Å². The number of halogens is 1. The summed E-state index contributed by atoms with van der Waals surface area (Å²) in [5.74, 6) is 0.00965. The molecule has 0 saturated carbocycles. The van der Waals surface area contributed by atoms with E-state index < -0.39 is 0 Å². The molecule has 2 nitrogen and oxygen atoms in total. The first-order valence-corrected chi connectivity index (χ1v) is 5.15. The molecule has 0 saturated heterocycles. The molecule has 0 radical (unpaired) electrons. The summed E-state index contributed by atoms with van der Waals surface area (Å²) in [4.78, 5) is 11.1. The Bertz CT molecular complexity index is 351. The van der Waals surface area contributed by atoms with Gasteiger partial charge in [-0.2, -0.15) is 5.26 Å². The van der Waals surface area contributed by atoms with Crippen LogP contribution in [0.25, 0.3) is 0 Å². The third-order valence-corrected chi connectivity index (χ3v) is 2.41. The predicted octanol–water partition coefficient (Wildman–Crippen LogP) is 2.86. The van der Waals surface area contributed by atoms with E-state index in [0.29, 0.717) is 12.8 Å². The molecule has 3 heteroatoms. The predicted molar refractivity (Wildman–Crippen MR) is 57.7 cm³/mol. The summed E-state index contributed by atoms with van der Waals surface area (Å²) in [5, 5.41) is 8.29. The quantitative estimate of drug-likeness (QED) is 0.826. The highest BCUT2D eigenvalue weighted by atomic mass is 79.9. The number of hydrogen-bond donors (Lipinski definition) is 0. The van der Waals surface area contributed by atoms with Crippen molar-refractivity contribution in [3.8, 4) is 6.07 Å². The fraction of sp³-hybridized carbons (Fsp3) is 0.273. The van der Waals surface area contributed by atoms with Crippen LogP contribution in [0.5, 0.6) is 0 Å². The molecule has 1 aromatic carbocycles. The lowest BCUT2D eigenvalue weighted by molar-refractivity contribution is -0.118. The van der Waals surface area contributed by atoms with Gasteiger partial charge in [-0.1, -0.05) is 28.1 Å². The van der Waals surface area contributed by atoms with E-state index in [1.165, 1.54) is 0 Å². The maximum atomic E-state index is 11.1. The summed E-state index contributed by atoms with van der Waals surface area (Å²) in [6.07, 6.45) is 1.19. The van der Waals surface area contributed by atoms with Gasteiger partial charge < -0.3 is 0 Å². The van der Waals surface area contributed by atoms with Crippen molar-refractivity contribution in [3.05, 3.63) is 34.3 Å². The highest BCUT2D eigenvalue weighted by Gasteiger charge is 2.01. The van der Waals surface area contributed by atoms with Gasteiger partial charge in [-0.05, 0) is 24.1 Å². The van der Waals surface area contributed by atoms with E-state index in [-0.39, 0.29) is 12.2 Å². The Balaban J connectivity index is 2.43. The van der Waals surface area contributed by atoms with Crippen molar-refractivity contribution >= 4 is 21.7 Å². The SMILES string of the molecule is N#CCC(=O)CCc1ccc(Br)cc1. The smallest absolute Gasteiger partial charge is 0.147 e. The van der Waals surface area contributed by atoms with Crippen LogP contribution in [0.4, 0.5) is 0 Å². The van der Waals surface area contributed by atoms with Crippen LogP contribution in [0.3, 0.4) is 0 Å². The Morgan fingerprint density at radius 3 is 2.57 bits per heavy atom. The van der Waals surface area contributed by atoms with E-state index in [0.717, 1.165) is 10.0 Å². The molecule has 0 unspecified atom stereocenters. The van der Waals surface area contributed by atoms with Gasteiger partial charge in [0.1, 0.15) is 5.78 Å². The Morgan fingerprint density at radius 2 is 2.00 bits per heavy atom. The molecule has 72 valence electrons. The van der Waals surface area contributed by atoms with Crippen molar-refractivity contribution < 1.29 is 4.79 Å². The molecular weight excluding hydrogens is 242 g/mol. The second-order valence-corrected chi connectivity index (χ2v) is 3.92. The Kier molecular flexibility index (Phi) is 4.34. The lowest BCUT2D eigenvalue weighted by Crippen LogP contribution is -1.98. The number of aryl methyl sites for hydroxylation is 1. The molecule has 0 spiro atoms. The van der Waals surface area contributed by atoms with Crippen molar-refractivity contribution in [2.75, 3.05) is 0 Å². The molecule has 0 bridgehead atoms. The molecular formula is C11H10BrNO. The van der Waals surface area contributed by atoms with Crippen LogP contribution in [0.15, 0.2) is 28.7 Å². The summed E-state index contributed by atoms with van der Waals surface area (Å²) in [6, 6.07) is 9.70. The number of Topliss-reactive ketones (excluding diaryl/α,β-unsaturated/α-hetero) is 1. The van der Waals surface area contributed by atoms with Crippen molar-refractivity contribution in [1.29, 1.82) is 5.26 Å². The zero-order chi connectivity index (χ0) is 10.4. The molecule has 0 atom stereocenters. The molecule has 0 fully saturated rings. The van der Waals surface area contributed by atoms with Crippen molar-refractivity contribution in [1.82, 2.24) is 0 Å². The number of benzene rings is 1. The minimum atomic E-state index is 0.00965. The van der Waals surface area contributed by atoms with E-state index in [4.69, 9.17) is 5.26 Å². The second kappa shape index (κ2) is 5.56. The fourth-order valence-electron chi connectivity index (χ4n) is 1.11. The minimum Gasteiger partial charge on any atom is -0.299 e. The van der Waals surface area contributed by atoms with Gasteiger partial charge in [-0.3, -0.25) is 4.79 Å². The highest BCUT2D eigenvalue weighted by molar-refractivity contribution is 9.10. The zero-order valence-electron chi connectivity index (χ0n) is 7.66. The molecule has 0 aliphatic rings. The topological polar surface area (TPSA) is 40.9 Å². The van der Waals surface area contributed by atoms with Crippen LogP contribution in [-0.4, -0.2) is 5.78 Å². The Labute approximate surface area is 91.7 Å². The first kappa shape index (κ1) is 10.9. The van der Waals surface area contributed by atoms with Gasteiger partial charge in [-0.15, -0.1) is 0 Å². The third kappa shape index (κ3) is 3.71. The largest absolute Gasteiger partial charge is 0.299 e. The lowest BCUT2D eigenvalue weighted by atomic mass is 10.1. The maximum absolute atomic E-state index is 11.1. The van der Waals surface area contributed by atoms with Gasteiger partial charge in [0.25, 0.3) is 0 Å². The molecule has 1 aromatic rings. The standard InChI is InChI=1S/C11H10BrNO/c12-10-4-1-9(2-5-10)3-6-11(14)7-8-13/h1-2,4-5H,3,6-7H2. The van der Waals surface area contributed by atoms with E-state index in [9.17, 15) is 4.79 Å². The van der Waals surface area contributed by atoms with E-state index >= 15 is 0 Å².